The number of hydrogen-bond acceptors (Lipinski definition) is 2. The number of hydrogen-bond donors (Lipinski definition) is 1. The van der Waals surface area contributed by atoms with Gasteiger partial charge in [-0.2, -0.15) is 0 Å². The van der Waals surface area contributed by atoms with Crippen LogP contribution in [0.5, 0.6) is 0 Å². The zero-order chi connectivity index (χ0) is 14.3. The van der Waals surface area contributed by atoms with Crippen LogP contribution >= 0.6 is 0 Å². The van der Waals surface area contributed by atoms with E-state index < -0.39 is 0 Å². The highest BCUT2D eigenvalue weighted by Gasteiger charge is 2.40. The average molecular weight is 275 g/mol. The van der Waals surface area contributed by atoms with Gasteiger partial charge in [0.2, 0.25) is 0 Å². The third-order valence-corrected chi connectivity index (χ3v) is 5.00. The molecule has 1 amide bonds. The van der Waals surface area contributed by atoms with E-state index in [4.69, 9.17) is 5.73 Å². The molecule has 3 rings (SSSR count). The second-order valence-corrected chi connectivity index (χ2v) is 6.62. The maximum atomic E-state index is 12.7. The topological polar surface area (TPSA) is 51.3 Å². The molecule has 0 aromatic carbocycles. The largest absolute Gasteiger partial charge is 0.341 e. The minimum Gasteiger partial charge on any atom is -0.341 e. The van der Waals surface area contributed by atoms with Crippen LogP contribution in [0.4, 0.5) is 0 Å². The van der Waals surface area contributed by atoms with E-state index in [2.05, 4.69) is 18.4 Å². The summed E-state index contributed by atoms with van der Waals surface area (Å²) in [5, 5.41) is 0. The Morgan fingerprint density at radius 3 is 2.85 bits per heavy atom. The Labute approximate surface area is 120 Å². The smallest absolute Gasteiger partial charge is 0.270 e. The van der Waals surface area contributed by atoms with E-state index in [1.165, 1.54) is 12.8 Å². The van der Waals surface area contributed by atoms with Crippen molar-refractivity contribution in [3.05, 3.63) is 24.0 Å². The Kier molecular flexibility index (Phi) is 3.59. The van der Waals surface area contributed by atoms with Crippen LogP contribution in [0.3, 0.4) is 0 Å². The fraction of sp³-hybridized carbons (Fsp3) is 0.688. The summed E-state index contributed by atoms with van der Waals surface area (Å²) in [6.07, 6.45) is 5.55. The highest BCUT2D eigenvalue weighted by Crippen LogP contribution is 2.36. The van der Waals surface area contributed by atoms with E-state index in [-0.39, 0.29) is 11.9 Å². The van der Waals surface area contributed by atoms with Crippen molar-refractivity contribution >= 4 is 5.91 Å². The van der Waals surface area contributed by atoms with Crippen LogP contribution in [0.2, 0.25) is 0 Å². The van der Waals surface area contributed by atoms with Gasteiger partial charge in [0.05, 0.1) is 0 Å². The van der Waals surface area contributed by atoms with Crippen LogP contribution in [0.1, 0.15) is 49.6 Å². The monoisotopic (exact) mass is 275 g/mol. The van der Waals surface area contributed by atoms with Crippen molar-refractivity contribution in [2.75, 3.05) is 13.1 Å². The first-order valence-corrected chi connectivity index (χ1v) is 7.79. The van der Waals surface area contributed by atoms with Gasteiger partial charge >= 0.3 is 0 Å². The Hall–Kier alpha value is -1.29. The van der Waals surface area contributed by atoms with Gasteiger partial charge in [-0.15, -0.1) is 0 Å². The van der Waals surface area contributed by atoms with Crippen molar-refractivity contribution in [2.24, 2.45) is 17.6 Å². The SMILES string of the molecule is CC(C)n1cccc1C(=O)N1CC2CCCC(N)C2C1. The summed E-state index contributed by atoms with van der Waals surface area (Å²) in [5.74, 6) is 1.30. The van der Waals surface area contributed by atoms with Gasteiger partial charge in [0, 0.05) is 31.4 Å². The standard InChI is InChI=1S/C16H25N3O/c1-11(2)19-8-4-7-15(19)16(20)18-9-12-5-3-6-14(17)13(12)10-18/h4,7-8,11-14H,3,5-6,9-10,17H2,1-2H3. The molecule has 2 aliphatic rings. The number of amides is 1. The van der Waals surface area contributed by atoms with E-state index in [9.17, 15) is 4.79 Å². The van der Waals surface area contributed by atoms with E-state index >= 15 is 0 Å². The Balaban J connectivity index is 1.77. The van der Waals surface area contributed by atoms with Crippen molar-refractivity contribution in [3.63, 3.8) is 0 Å². The maximum absolute atomic E-state index is 12.7. The summed E-state index contributed by atoms with van der Waals surface area (Å²) in [4.78, 5) is 14.8. The van der Waals surface area contributed by atoms with Gasteiger partial charge < -0.3 is 15.2 Å². The van der Waals surface area contributed by atoms with Crippen molar-refractivity contribution in [1.29, 1.82) is 0 Å². The number of rotatable bonds is 2. The molecule has 4 heteroatoms. The number of likely N-dealkylation sites (tertiary alicyclic amines) is 1. The van der Waals surface area contributed by atoms with Gasteiger partial charge in [-0.1, -0.05) is 6.42 Å². The molecule has 1 aliphatic heterocycles. The number of carbonyl (C=O) groups excluding carboxylic acids is 1. The van der Waals surface area contributed by atoms with Crippen molar-refractivity contribution in [2.45, 2.75) is 45.2 Å². The number of fused-ring (bicyclic) bond motifs is 1. The zero-order valence-electron chi connectivity index (χ0n) is 12.5. The molecule has 0 radical (unpaired) electrons. The van der Waals surface area contributed by atoms with Crippen LogP contribution in [0.25, 0.3) is 0 Å². The predicted octanol–water partition coefficient (Wildman–Crippen LogP) is 2.27. The second kappa shape index (κ2) is 5.24. The van der Waals surface area contributed by atoms with Gasteiger partial charge in [-0.05, 0) is 50.7 Å². The lowest BCUT2D eigenvalue weighted by Gasteiger charge is -2.29. The highest BCUT2D eigenvalue weighted by atomic mass is 16.2. The Morgan fingerprint density at radius 1 is 1.35 bits per heavy atom. The molecule has 4 nitrogen and oxygen atoms in total. The molecule has 2 N–H and O–H groups in total. The van der Waals surface area contributed by atoms with Gasteiger partial charge in [-0.3, -0.25) is 4.79 Å². The Morgan fingerprint density at radius 2 is 2.15 bits per heavy atom. The molecule has 1 aliphatic carbocycles. The van der Waals surface area contributed by atoms with Crippen LogP contribution in [0, 0.1) is 11.8 Å². The lowest BCUT2D eigenvalue weighted by molar-refractivity contribution is 0.0771. The first-order valence-electron chi connectivity index (χ1n) is 7.79. The molecule has 1 aromatic heterocycles. The summed E-state index contributed by atoms with van der Waals surface area (Å²) in [6.45, 7) is 5.95. The summed E-state index contributed by atoms with van der Waals surface area (Å²) in [7, 11) is 0. The van der Waals surface area contributed by atoms with Gasteiger partial charge in [-0.25, -0.2) is 0 Å². The third-order valence-electron chi connectivity index (χ3n) is 5.00. The molecule has 0 spiro atoms. The fourth-order valence-electron chi connectivity index (χ4n) is 3.87. The molecule has 1 aromatic rings. The van der Waals surface area contributed by atoms with Crippen LogP contribution in [-0.4, -0.2) is 34.5 Å². The third kappa shape index (κ3) is 2.26. The highest BCUT2D eigenvalue weighted by molar-refractivity contribution is 5.93. The van der Waals surface area contributed by atoms with Crippen LogP contribution in [0.15, 0.2) is 18.3 Å². The van der Waals surface area contributed by atoms with Crippen molar-refractivity contribution in [3.8, 4) is 0 Å². The fourth-order valence-corrected chi connectivity index (χ4v) is 3.87. The molecule has 1 saturated carbocycles. The van der Waals surface area contributed by atoms with E-state index in [1.54, 1.807) is 0 Å². The first-order chi connectivity index (χ1) is 9.58. The number of aromatic nitrogens is 1. The van der Waals surface area contributed by atoms with E-state index in [1.807, 2.05) is 23.2 Å². The Bertz CT molecular complexity index is 494. The predicted molar refractivity (Wildman–Crippen MR) is 79.5 cm³/mol. The summed E-state index contributed by atoms with van der Waals surface area (Å²) >= 11 is 0. The molecule has 1 saturated heterocycles. The average Bonchev–Trinajstić information content (AvgIpc) is 3.05. The van der Waals surface area contributed by atoms with Crippen molar-refractivity contribution in [1.82, 2.24) is 9.47 Å². The number of carbonyl (C=O) groups is 1. The minimum atomic E-state index is 0.172. The zero-order valence-corrected chi connectivity index (χ0v) is 12.5. The van der Waals surface area contributed by atoms with E-state index in [0.717, 1.165) is 25.2 Å². The molecular formula is C16H25N3O. The number of nitrogens with zero attached hydrogens (tertiary/aromatic N) is 2. The van der Waals surface area contributed by atoms with Crippen LogP contribution < -0.4 is 5.73 Å². The van der Waals surface area contributed by atoms with Gasteiger partial charge in [0.25, 0.3) is 5.91 Å². The normalized spacial score (nSPS) is 29.8. The molecule has 2 heterocycles. The van der Waals surface area contributed by atoms with Gasteiger partial charge in [0.15, 0.2) is 0 Å². The molecule has 0 bridgehead atoms. The van der Waals surface area contributed by atoms with Crippen LogP contribution in [-0.2, 0) is 0 Å². The quantitative estimate of drug-likeness (QED) is 0.900. The summed E-state index contributed by atoms with van der Waals surface area (Å²) < 4.78 is 2.06. The first kappa shape index (κ1) is 13.7. The van der Waals surface area contributed by atoms with Gasteiger partial charge in [0.1, 0.15) is 5.69 Å². The molecule has 2 fully saturated rings. The van der Waals surface area contributed by atoms with E-state index in [0.29, 0.717) is 17.9 Å². The van der Waals surface area contributed by atoms with Crippen molar-refractivity contribution < 1.29 is 4.79 Å². The second-order valence-electron chi connectivity index (χ2n) is 6.62. The summed E-state index contributed by atoms with van der Waals surface area (Å²) in [5.41, 5.74) is 7.05. The lowest BCUT2D eigenvalue weighted by Crippen LogP contribution is -2.38. The number of nitrogens with two attached hydrogens (primary N) is 1. The summed E-state index contributed by atoms with van der Waals surface area (Å²) in [6, 6.07) is 4.49. The molecule has 3 atom stereocenters. The molecule has 20 heavy (non-hydrogen) atoms. The maximum Gasteiger partial charge on any atom is 0.270 e. The lowest BCUT2D eigenvalue weighted by atomic mass is 9.78. The molecular weight excluding hydrogens is 250 g/mol. The molecule has 110 valence electrons. The minimum absolute atomic E-state index is 0.172. The molecule has 3 unspecified atom stereocenters.